The van der Waals surface area contributed by atoms with Crippen molar-refractivity contribution in [1.82, 2.24) is 15.0 Å². The molecule has 0 radical (unpaired) electrons. The van der Waals surface area contributed by atoms with E-state index in [1.54, 1.807) is 19.2 Å². The Morgan fingerprint density at radius 2 is 1.84 bits per heavy atom. The predicted molar refractivity (Wildman–Crippen MR) is 114 cm³/mol. The van der Waals surface area contributed by atoms with Crippen LogP contribution in [0.3, 0.4) is 0 Å². The number of benzene rings is 2. The second kappa shape index (κ2) is 9.73. The number of amides is 1. The van der Waals surface area contributed by atoms with Gasteiger partial charge in [-0.2, -0.15) is 4.98 Å². The van der Waals surface area contributed by atoms with Crippen LogP contribution in [0, 0.1) is 11.7 Å². The third kappa shape index (κ3) is 5.48. The number of nitrogens with zero attached hydrogens (tertiary/aromatic N) is 3. The highest BCUT2D eigenvalue weighted by Crippen LogP contribution is 2.24. The van der Waals surface area contributed by atoms with Crippen LogP contribution >= 0.6 is 0 Å². The number of likely N-dealkylation sites (tertiary alicyclic amines) is 1. The second-order valence-corrected chi connectivity index (χ2v) is 7.89. The number of halogens is 1. The highest BCUT2D eigenvalue weighted by atomic mass is 19.1. The first-order valence-corrected chi connectivity index (χ1v) is 10.6. The summed E-state index contributed by atoms with van der Waals surface area (Å²) in [5, 5.41) is 4.01. The zero-order chi connectivity index (χ0) is 21.6. The molecule has 6 nitrogen and oxygen atoms in total. The highest BCUT2D eigenvalue weighted by molar-refractivity contribution is 5.76. The van der Waals surface area contributed by atoms with Crippen molar-refractivity contribution < 1.29 is 18.4 Å². The molecule has 1 fully saturated rings. The molecular formula is C24H26FN3O3. The summed E-state index contributed by atoms with van der Waals surface area (Å²) in [5.41, 5.74) is 1.87. The van der Waals surface area contributed by atoms with Crippen LogP contribution < -0.4 is 4.74 Å². The number of hydrogen-bond acceptors (Lipinski definition) is 5. The third-order valence-electron chi connectivity index (χ3n) is 5.79. The zero-order valence-electron chi connectivity index (χ0n) is 17.6. The van der Waals surface area contributed by atoms with E-state index in [1.807, 2.05) is 29.2 Å². The van der Waals surface area contributed by atoms with Crippen LogP contribution in [0.4, 0.5) is 4.39 Å². The van der Waals surface area contributed by atoms with Gasteiger partial charge in [-0.15, -0.1) is 0 Å². The topological polar surface area (TPSA) is 68.5 Å². The van der Waals surface area contributed by atoms with Crippen molar-refractivity contribution in [2.24, 2.45) is 5.92 Å². The number of piperidine rings is 1. The first-order valence-electron chi connectivity index (χ1n) is 10.6. The van der Waals surface area contributed by atoms with Gasteiger partial charge in [-0.05, 0) is 67.1 Å². The lowest BCUT2D eigenvalue weighted by Crippen LogP contribution is -2.39. The molecule has 31 heavy (non-hydrogen) atoms. The number of aromatic nitrogens is 2. The van der Waals surface area contributed by atoms with E-state index in [-0.39, 0.29) is 11.7 Å². The molecule has 0 saturated carbocycles. The van der Waals surface area contributed by atoms with Crippen molar-refractivity contribution >= 4 is 5.91 Å². The van der Waals surface area contributed by atoms with Crippen LogP contribution in [-0.2, 0) is 17.6 Å². The maximum atomic E-state index is 13.1. The van der Waals surface area contributed by atoms with Gasteiger partial charge in [-0.25, -0.2) is 4.39 Å². The standard InChI is InChI=1S/C24H26FN3O3/c1-30-21-9-2-17(3-10-21)4-11-23(29)28-14-12-18(13-15-28)16-22-26-24(27-31-22)19-5-7-20(25)8-6-19/h2-3,5-10,18H,4,11-16H2,1H3. The van der Waals surface area contributed by atoms with Gasteiger partial charge < -0.3 is 14.2 Å². The summed E-state index contributed by atoms with van der Waals surface area (Å²) < 4.78 is 23.6. The predicted octanol–water partition coefficient (Wildman–Crippen LogP) is 4.30. The molecule has 1 saturated heterocycles. The molecule has 1 aliphatic heterocycles. The van der Waals surface area contributed by atoms with Gasteiger partial charge in [0.1, 0.15) is 11.6 Å². The van der Waals surface area contributed by atoms with Gasteiger partial charge in [-0.1, -0.05) is 17.3 Å². The molecule has 162 valence electrons. The van der Waals surface area contributed by atoms with Crippen LogP contribution in [0.5, 0.6) is 5.75 Å². The Kier molecular flexibility index (Phi) is 6.60. The lowest BCUT2D eigenvalue weighted by Gasteiger charge is -2.31. The van der Waals surface area contributed by atoms with Gasteiger partial charge in [0.25, 0.3) is 0 Å². The summed E-state index contributed by atoms with van der Waals surface area (Å²) in [6.07, 6.45) is 3.78. The molecule has 7 heteroatoms. The van der Waals surface area contributed by atoms with E-state index >= 15 is 0 Å². The monoisotopic (exact) mass is 423 g/mol. The molecule has 0 unspecified atom stereocenters. The molecule has 0 N–H and O–H groups in total. The first-order chi connectivity index (χ1) is 15.1. The normalized spacial score (nSPS) is 14.6. The van der Waals surface area contributed by atoms with Crippen LogP contribution in [0.1, 0.15) is 30.7 Å². The fourth-order valence-electron chi connectivity index (χ4n) is 3.89. The molecule has 0 bridgehead atoms. The lowest BCUT2D eigenvalue weighted by atomic mass is 9.93. The van der Waals surface area contributed by atoms with Crippen molar-refractivity contribution in [3.63, 3.8) is 0 Å². The Bertz CT molecular complexity index is 994. The third-order valence-corrected chi connectivity index (χ3v) is 5.79. The van der Waals surface area contributed by atoms with Crippen LogP contribution in [0.15, 0.2) is 53.1 Å². The number of hydrogen-bond donors (Lipinski definition) is 0. The van der Waals surface area contributed by atoms with Gasteiger partial charge >= 0.3 is 0 Å². The quantitative estimate of drug-likeness (QED) is 0.567. The maximum absolute atomic E-state index is 13.1. The number of aryl methyl sites for hydroxylation is 1. The Balaban J connectivity index is 1.23. The summed E-state index contributed by atoms with van der Waals surface area (Å²) in [5.74, 6) is 2.20. The smallest absolute Gasteiger partial charge is 0.227 e. The Hall–Kier alpha value is -3.22. The summed E-state index contributed by atoms with van der Waals surface area (Å²) in [4.78, 5) is 19.0. The highest BCUT2D eigenvalue weighted by Gasteiger charge is 2.24. The summed E-state index contributed by atoms with van der Waals surface area (Å²) in [7, 11) is 1.64. The second-order valence-electron chi connectivity index (χ2n) is 7.89. The molecule has 0 atom stereocenters. The molecule has 0 aliphatic carbocycles. The molecule has 0 spiro atoms. The van der Waals surface area contributed by atoms with E-state index < -0.39 is 0 Å². The fraction of sp³-hybridized carbons (Fsp3) is 0.375. The van der Waals surface area contributed by atoms with E-state index in [4.69, 9.17) is 9.26 Å². The molecule has 3 aromatic rings. The summed E-state index contributed by atoms with van der Waals surface area (Å²) in [6.45, 7) is 1.51. The maximum Gasteiger partial charge on any atom is 0.227 e. The minimum absolute atomic E-state index is 0.200. The van der Waals surface area contributed by atoms with Crippen LogP contribution in [-0.4, -0.2) is 41.1 Å². The molecule has 2 aromatic carbocycles. The Labute approximate surface area is 181 Å². The lowest BCUT2D eigenvalue weighted by molar-refractivity contribution is -0.132. The van der Waals surface area contributed by atoms with E-state index in [0.29, 0.717) is 30.5 Å². The largest absolute Gasteiger partial charge is 0.497 e. The molecular weight excluding hydrogens is 397 g/mol. The minimum Gasteiger partial charge on any atom is -0.497 e. The SMILES string of the molecule is COc1ccc(CCC(=O)N2CCC(Cc3nc(-c4ccc(F)cc4)no3)CC2)cc1. The van der Waals surface area contributed by atoms with Gasteiger partial charge in [0.15, 0.2) is 0 Å². The van der Waals surface area contributed by atoms with E-state index in [1.165, 1.54) is 12.1 Å². The van der Waals surface area contributed by atoms with Crippen molar-refractivity contribution in [2.75, 3.05) is 20.2 Å². The van der Waals surface area contributed by atoms with E-state index in [2.05, 4.69) is 10.1 Å². The summed E-state index contributed by atoms with van der Waals surface area (Å²) in [6, 6.07) is 13.9. The summed E-state index contributed by atoms with van der Waals surface area (Å²) >= 11 is 0. The molecule has 1 aliphatic rings. The average molecular weight is 423 g/mol. The van der Waals surface area contributed by atoms with Crippen molar-refractivity contribution in [3.8, 4) is 17.1 Å². The number of carbonyl (C=O) groups excluding carboxylic acids is 1. The van der Waals surface area contributed by atoms with Gasteiger partial charge in [0.05, 0.1) is 7.11 Å². The van der Waals surface area contributed by atoms with Crippen molar-refractivity contribution in [3.05, 3.63) is 65.8 Å². The number of rotatable bonds is 7. The average Bonchev–Trinajstić information content (AvgIpc) is 3.27. The van der Waals surface area contributed by atoms with Gasteiger partial charge in [0.2, 0.25) is 17.6 Å². The molecule has 4 rings (SSSR count). The molecule has 1 aromatic heterocycles. The zero-order valence-corrected chi connectivity index (χ0v) is 17.6. The van der Waals surface area contributed by atoms with E-state index in [9.17, 15) is 9.18 Å². The van der Waals surface area contributed by atoms with E-state index in [0.717, 1.165) is 49.2 Å². The number of carbonyl (C=O) groups is 1. The minimum atomic E-state index is -0.294. The van der Waals surface area contributed by atoms with Crippen LogP contribution in [0.2, 0.25) is 0 Å². The van der Waals surface area contributed by atoms with Crippen molar-refractivity contribution in [2.45, 2.75) is 32.1 Å². The number of ether oxygens (including phenoxy) is 1. The molecule has 2 heterocycles. The molecule has 1 amide bonds. The Morgan fingerprint density at radius 3 is 2.52 bits per heavy atom. The fourth-order valence-corrected chi connectivity index (χ4v) is 3.89. The number of methoxy groups -OCH3 is 1. The van der Waals surface area contributed by atoms with Crippen LogP contribution in [0.25, 0.3) is 11.4 Å². The van der Waals surface area contributed by atoms with Crippen molar-refractivity contribution in [1.29, 1.82) is 0 Å². The van der Waals surface area contributed by atoms with Gasteiger partial charge in [0, 0.05) is 31.5 Å². The Morgan fingerprint density at radius 1 is 1.13 bits per heavy atom. The van der Waals surface area contributed by atoms with Gasteiger partial charge in [-0.3, -0.25) is 4.79 Å². The first kappa shape index (κ1) is 21.0.